The molecule has 1 aliphatic carbocycles. The number of benzene rings is 1. The first kappa shape index (κ1) is 21.7. The number of allylic oxidation sites excluding steroid dienone is 1. The van der Waals surface area contributed by atoms with Gasteiger partial charge in [-0.15, -0.1) is 0 Å². The number of aliphatic imine (C=N–C) groups is 1. The number of carbonyl (C=O) groups is 2. The van der Waals surface area contributed by atoms with Crippen LogP contribution in [0, 0.1) is 0 Å². The Morgan fingerprint density at radius 1 is 1.27 bits per heavy atom. The van der Waals surface area contributed by atoms with E-state index in [9.17, 15) is 9.59 Å². The number of methoxy groups -OCH3 is 1. The van der Waals surface area contributed by atoms with Gasteiger partial charge in [0.2, 0.25) is 5.91 Å². The van der Waals surface area contributed by atoms with Gasteiger partial charge in [0.05, 0.1) is 36.7 Å². The van der Waals surface area contributed by atoms with E-state index in [1.54, 1.807) is 43.0 Å². The first-order valence-corrected chi connectivity index (χ1v) is 10.2. The van der Waals surface area contributed by atoms with Crippen LogP contribution in [0.15, 0.2) is 23.3 Å². The summed E-state index contributed by atoms with van der Waals surface area (Å²) in [6, 6.07) is 3.71. The van der Waals surface area contributed by atoms with Crippen LogP contribution in [-0.2, 0) is 9.53 Å². The Morgan fingerprint density at radius 2 is 1.97 bits per heavy atom. The molecular weight excluding hydrogens is 384 g/mol. The van der Waals surface area contributed by atoms with Crippen LogP contribution < -0.4 is 20.3 Å². The molecule has 1 heterocycles. The molecule has 2 N–H and O–H groups in total. The molecule has 3 rings (SSSR count). The molecule has 1 atom stereocenters. The van der Waals surface area contributed by atoms with E-state index in [2.05, 4.69) is 4.99 Å². The molecule has 8 nitrogen and oxygen atoms in total. The fourth-order valence-corrected chi connectivity index (χ4v) is 3.57. The quantitative estimate of drug-likeness (QED) is 0.746. The topological polar surface area (TPSA) is 97.5 Å². The smallest absolute Gasteiger partial charge is 0.414 e. The summed E-state index contributed by atoms with van der Waals surface area (Å²) in [6.07, 6.45) is 4.66. The summed E-state index contributed by atoms with van der Waals surface area (Å²) in [7, 11) is 1.56. The van der Waals surface area contributed by atoms with E-state index in [0.29, 0.717) is 40.8 Å². The SMILES string of the molecule is COc1cc2c(cc1/C(C=NC1CC1)=C/N)N(C(=O)OC(C)C)C[C@H](C)N2C(C)=O. The molecule has 1 aliphatic heterocycles. The molecule has 0 unspecified atom stereocenters. The third-order valence-corrected chi connectivity index (χ3v) is 5.09. The number of nitrogens with zero attached hydrogens (tertiary/aromatic N) is 3. The Kier molecular flexibility index (Phi) is 6.34. The van der Waals surface area contributed by atoms with Gasteiger partial charge in [-0.1, -0.05) is 0 Å². The van der Waals surface area contributed by atoms with E-state index in [0.717, 1.165) is 12.8 Å². The lowest BCUT2D eigenvalue weighted by molar-refractivity contribution is -0.117. The van der Waals surface area contributed by atoms with E-state index in [-0.39, 0.29) is 18.1 Å². The number of anilines is 2. The molecule has 1 fully saturated rings. The molecule has 2 aliphatic rings. The standard InChI is InChI=1S/C22H30N4O4/c1-13(2)30-22(28)25-12-14(3)26(15(4)27)20-9-21(29-5)18(8-19(20)25)16(10-23)11-24-17-6-7-17/h8-11,13-14,17H,6-7,12,23H2,1-5H3/b16-10+,24-11?/t14-/m0/s1. The monoisotopic (exact) mass is 414 g/mol. The summed E-state index contributed by atoms with van der Waals surface area (Å²) in [4.78, 5) is 33.0. The van der Waals surface area contributed by atoms with Crippen molar-refractivity contribution >= 4 is 35.2 Å². The van der Waals surface area contributed by atoms with Crippen molar-refractivity contribution in [3.8, 4) is 5.75 Å². The van der Waals surface area contributed by atoms with Crippen LogP contribution in [0.25, 0.3) is 5.57 Å². The fraction of sp³-hybridized carbons (Fsp3) is 0.500. The number of rotatable bonds is 5. The van der Waals surface area contributed by atoms with Crippen molar-refractivity contribution in [2.75, 3.05) is 23.5 Å². The summed E-state index contributed by atoms with van der Waals surface area (Å²) in [5.41, 5.74) is 8.44. The van der Waals surface area contributed by atoms with Crippen molar-refractivity contribution in [2.45, 2.75) is 58.7 Å². The minimum Gasteiger partial charge on any atom is -0.496 e. The number of ether oxygens (including phenoxy) is 2. The van der Waals surface area contributed by atoms with Crippen LogP contribution in [-0.4, -0.2) is 50.1 Å². The van der Waals surface area contributed by atoms with Crippen molar-refractivity contribution < 1.29 is 19.1 Å². The van der Waals surface area contributed by atoms with E-state index in [1.807, 2.05) is 13.0 Å². The third kappa shape index (κ3) is 4.42. The molecule has 0 saturated heterocycles. The van der Waals surface area contributed by atoms with Crippen molar-refractivity contribution in [3.05, 3.63) is 23.9 Å². The van der Waals surface area contributed by atoms with Gasteiger partial charge in [0, 0.05) is 43.1 Å². The van der Waals surface area contributed by atoms with E-state index in [4.69, 9.17) is 15.2 Å². The minimum atomic E-state index is -0.456. The number of carbonyl (C=O) groups excluding carboxylic acids is 2. The largest absolute Gasteiger partial charge is 0.496 e. The highest BCUT2D eigenvalue weighted by atomic mass is 16.6. The predicted octanol–water partition coefficient (Wildman–Crippen LogP) is 3.33. The lowest BCUT2D eigenvalue weighted by Crippen LogP contribution is -2.51. The maximum absolute atomic E-state index is 12.8. The van der Waals surface area contributed by atoms with Gasteiger partial charge in [-0.2, -0.15) is 0 Å². The molecule has 1 saturated carbocycles. The van der Waals surface area contributed by atoms with Gasteiger partial charge in [0.25, 0.3) is 0 Å². The van der Waals surface area contributed by atoms with Gasteiger partial charge in [0.15, 0.2) is 0 Å². The summed E-state index contributed by atoms with van der Waals surface area (Å²) in [5, 5.41) is 0. The third-order valence-electron chi connectivity index (χ3n) is 5.09. The Hall–Kier alpha value is -3.03. The van der Waals surface area contributed by atoms with Crippen molar-refractivity contribution in [2.24, 2.45) is 10.7 Å². The Bertz CT molecular complexity index is 889. The summed E-state index contributed by atoms with van der Waals surface area (Å²) < 4.78 is 11.1. The molecule has 0 aromatic heterocycles. The predicted molar refractivity (Wildman–Crippen MR) is 118 cm³/mol. The highest BCUT2D eigenvalue weighted by molar-refractivity contribution is 6.12. The van der Waals surface area contributed by atoms with Crippen molar-refractivity contribution in [3.63, 3.8) is 0 Å². The number of hydrogen-bond donors (Lipinski definition) is 1. The summed E-state index contributed by atoms with van der Waals surface area (Å²) >= 11 is 0. The Balaban J connectivity index is 2.14. The van der Waals surface area contributed by atoms with Crippen LogP contribution in [0.1, 0.15) is 46.1 Å². The second kappa shape index (κ2) is 8.77. The van der Waals surface area contributed by atoms with Gasteiger partial charge in [-0.3, -0.25) is 14.7 Å². The normalized spacial score (nSPS) is 19.3. The zero-order valence-corrected chi connectivity index (χ0v) is 18.2. The lowest BCUT2D eigenvalue weighted by atomic mass is 10.0. The average Bonchev–Trinajstić information content (AvgIpc) is 3.50. The molecule has 0 spiro atoms. The van der Waals surface area contributed by atoms with Crippen molar-refractivity contribution in [1.29, 1.82) is 0 Å². The number of hydrogen-bond acceptors (Lipinski definition) is 6. The number of amides is 2. The second-order valence-corrected chi connectivity index (χ2v) is 7.95. The van der Waals surface area contributed by atoms with Crippen LogP contribution >= 0.6 is 0 Å². The lowest BCUT2D eigenvalue weighted by Gasteiger charge is -2.40. The zero-order chi connectivity index (χ0) is 22.0. The summed E-state index contributed by atoms with van der Waals surface area (Å²) in [6.45, 7) is 7.33. The van der Waals surface area contributed by atoms with E-state index < -0.39 is 6.09 Å². The molecule has 30 heavy (non-hydrogen) atoms. The van der Waals surface area contributed by atoms with Gasteiger partial charge in [-0.25, -0.2) is 4.79 Å². The van der Waals surface area contributed by atoms with Gasteiger partial charge in [-0.05, 0) is 39.7 Å². The molecular formula is C22H30N4O4. The van der Waals surface area contributed by atoms with E-state index >= 15 is 0 Å². The van der Waals surface area contributed by atoms with Gasteiger partial charge >= 0.3 is 6.09 Å². The van der Waals surface area contributed by atoms with E-state index in [1.165, 1.54) is 13.1 Å². The zero-order valence-electron chi connectivity index (χ0n) is 18.2. The first-order valence-electron chi connectivity index (χ1n) is 10.2. The molecule has 162 valence electrons. The molecule has 2 amide bonds. The molecule has 1 aromatic carbocycles. The first-order chi connectivity index (χ1) is 14.3. The maximum atomic E-state index is 12.8. The fourth-order valence-electron chi connectivity index (χ4n) is 3.57. The Morgan fingerprint density at radius 3 is 2.50 bits per heavy atom. The molecule has 0 bridgehead atoms. The molecule has 8 heteroatoms. The van der Waals surface area contributed by atoms with Crippen LogP contribution in [0.4, 0.5) is 16.2 Å². The number of fused-ring (bicyclic) bond motifs is 1. The van der Waals surface area contributed by atoms with Gasteiger partial charge in [0.1, 0.15) is 5.75 Å². The minimum absolute atomic E-state index is 0.111. The van der Waals surface area contributed by atoms with Gasteiger partial charge < -0.3 is 20.1 Å². The second-order valence-electron chi connectivity index (χ2n) is 7.95. The van der Waals surface area contributed by atoms with Crippen LogP contribution in [0.3, 0.4) is 0 Å². The molecule has 1 aromatic rings. The Labute approximate surface area is 177 Å². The highest BCUT2D eigenvalue weighted by Gasteiger charge is 2.36. The van der Waals surface area contributed by atoms with Crippen LogP contribution in [0.2, 0.25) is 0 Å². The van der Waals surface area contributed by atoms with Crippen LogP contribution in [0.5, 0.6) is 5.75 Å². The summed E-state index contributed by atoms with van der Waals surface area (Å²) in [5.74, 6) is 0.436. The number of nitrogens with two attached hydrogens (primary N) is 1. The molecule has 0 radical (unpaired) electrons. The maximum Gasteiger partial charge on any atom is 0.414 e. The highest BCUT2D eigenvalue weighted by Crippen LogP contribution is 2.42. The van der Waals surface area contributed by atoms with Crippen molar-refractivity contribution in [1.82, 2.24) is 0 Å². The average molecular weight is 415 g/mol.